The number of nitrogens with zero attached hydrogens (tertiary/aromatic N) is 7. The first kappa shape index (κ1) is 15.9. The molecule has 0 atom stereocenters. The van der Waals surface area contributed by atoms with Gasteiger partial charge in [0, 0.05) is 36.8 Å². The van der Waals surface area contributed by atoms with E-state index >= 15 is 0 Å². The van der Waals surface area contributed by atoms with Gasteiger partial charge in [-0.05, 0) is 31.0 Å². The van der Waals surface area contributed by atoms with Crippen LogP contribution in [0.2, 0.25) is 0 Å². The summed E-state index contributed by atoms with van der Waals surface area (Å²) in [5.74, 6) is 2.13. The van der Waals surface area contributed by atoms with Crippen molar-refractivity contribution in [1.29, 1.82) is 0 Å². The molecule has 0 unspecified atom stereocenters. The molecule has 7 heteroatoms. The Bertz CT molecular complexity index is 858. The van der Waals surface area contributed by atoms with Crippen molar-refractivity contribution in [3.8, 4) is 0 Å². The molecule has 0 saturated carbocycles. The molecule has 4 rings (SSSR count). The minimum Gasteiger partial charge on any atom is -0.341 e. The molecule has 3 aromatic rings. The molecule has 0 spiro atoms. The molecule has 25 heavy (non-hydrogen) atoms. The normalized spacial score (nSPS) is 16.5. The van der Waals surface area contributed by atoms with E-state index in [1.807, 2.05) is 22.7 Å². The molecule has 3 aromatic heterocycles. The predicted octanol–water partition coefficient (Wildman–Crippen LogP) is 2.60. The third-order valence-corrected chi connectivity index (χ3v) is 4.75. The van der Waals surface area contributed by atoms with Crippen LogP contribution in [0.25, 0.3) is 5.65 Å². The van der Waals surface area contributed by atoms with Crippen molar-refractivity contribution in [1.82, 2.24) is 29.8 Å². The molecular weight excluding hydrogens is 314 g/mol. The zero-order valence-electron chi connectivity index (χ0n) is 14.9. The molecule has 7 nitrogen and oxygen atoms in total. The average molecular weight is 337 g/mol. The van der Waals surface area contributed by atoms with E-state index in [9.17, 15) is 0 Å². The highest BCUT2D eigenvalue weighted by molar-refractivity contribution is 5.38. The summed E-state index contributed by atoms with van der Waals surface area (Å²) in [6, 6.07) is 5.90. The lowest BCUT2D eigenvalue weighted by atomic mass is 9.92. The van der Waals surface area contributed by atoms with Crippen molar-refractivity contribution in [2.24, 2.45) is 0 Å². The van der Waals surface area contributed by atoms with E-state index in [1.165, 1.54) is 0 Å². The van der Waals surface area contributed by atoms with Crippen molar-refractivity contribution < 1.29 is 0 Å². The summed E-state index contributed by atoms with van der Waals surface area (Å²) < 4.78 is 1.93. The largest absolute Gasteiger partial charge is 0.341 e. The van der Waals surface area contributed by atoms with Gasteiger partial charge in [-0.1, -0.05) is 20.8 Å². The fraction of sp³-hybridized carbons (Fsp3) is 0.500. The van der Waals surface area contributed by atoms with Gasteiger partial charge in [-0.3, -0.25) is 0 Å². The second-order valence-corrected chi connectivity index (χ2v) is 7.61. The van der Waals surface area contributed by atoms with Crippen molar-refractivity contribution in [3.05, 3.63) is 42.1 Å². The van der Waals surface area contributed by atoms with E-state index in [2.05, 4.69) is 45.8 Å². The van der Waals surface area contributed by atoms with Crippen LogP contribution < -0.4 is 4.90 Å². The van der Waals surface area contributed by atoms with E-state index in [0.29, 0.717) is 5.92 Å². The zero-order valence-corrected chi connectivity index (χ0v) is 14.9. The Labute approximate surface area is 147 Å². The van der Waals surface area contributed by atoms with Crippen LogP contribution >= 0.6 is 0 Å². The van der Waals surface area contributed by atoms with Crippen LogP contribution in [-0.2, 0) is 5.41 Å². The minimum atomic E-state index is 0.00371. The Kier molecular flexibility index (Phi) is 3.86. The number of aromatic nitrogens is 6. The maximum atomic E-state index is 4.81. The van der Waals surface area contributed by atoms with Gasteiger partial charge in [-0.15, -0.1) is 10.2 Å². The summed E-state index contributed by atoms with van der Waals surface area (Å²) in [5, 5.41) is 13.6. The molecule has 0 N–H and O–H groups in total. The van der Waals surface area contributed by atoms with Gasteiger partial charge in [0.15, 0.2) is 11.5 Å². The fourth-order valence-electron chi connectivity index (χ4n) is 3.25. The SMILES string of the molecule is CC(C)(C)c1ccc2nnc(C3CCN(c4ncccn4)CC3)n2n1. The number of hydrogen-bond acceptors (Lipinski definition) is 6. The Morgan fingerprint density at radius 1 is 1.00 bits per heavy atom. The molecular formula is C18H23N7. The monoisotopic (exact) mass is 337 g/mol. The maximum Gasteiger partial charge on any atom is 0.225 e. The molecule has 0 aromatic carbocycles. The standard InChI is InChI=1S/C18H23N7/c1-18(2,3)14-5-6-15-21-22-16(25(15)23-14)13-7-11-24(12-8-13)17-19-9-4-10-20-17/h4-6,9-10,13H,7-8,11-12H2,1-3H3. The summed E-state index contributed by atoms with van der Waals surface area (Å²) >= 11 is 0. The highest BCUT2D eigenvalue weighted by atomic mass is 15.4. The number of piperidine rings is 1. The first-order valence-corrected chi connectivity index (χ1v) is 8.77. The van der Waals surface area contributed by atoms with Gasteiger partial charge < -0.3 is 4.90 Å². The minimum absolute atomic E-state index is 0.00371. The Morgan fingerprint density at radius 2 is 1.72 bits per heavy atom. The number of anilines is 1. The lowest BCUT2D eigenvalue weighted by Gasteiger charge is -2.31. The number of hydrogen-bond donors (Lipinski definition) is 0. The van der Waals surface area contributed by atoms with Crippen LogP contribution in [0.5, 0.6) is 0 Å². The zero-order chi connectivity index (χ0) is 17.4. The smallest absolute Gasteiger partial charge is 0.225 e. The van der Waals surface area contributed by atoms with E-state index in [-0.39, 0.29) is 5.41 Å². The van der Waals surface area contributed by atoms with Crippen LogP contribution in [0.1, 0.15) is 51.0 Å². The Morgan fingerprint density at radius 3 is 2.40 bits per heavy atom. The predicted molar refractivity (Wildman–Crippen MR) is 95.7 cm³/mol. The maximum absolute atomic E-state index is 4.81. The highest BCUT2D eigenvalue weighted by Crippen LogP contribution is 2.29. The molecule has 130 valence electrons. The van der Waals surface area contributed by atoms with Gasteiger partial charge in [0.05, 0.1) is 5.69 Å². The van der Waals surface area contributed by atoms with Gasteiger partial charge in [0.25, 0.3) is 0 Å². The molecule has 1 saturated heterocycles. The van der Waals surface area contributed by atoms with Crippen molar-refractivity contribution in [2.45, 2.75) is 44.9 Å². The van der Waals surface area contributed by atoms with Gasteiger partial charge in [0.1, 0.15) is 0 Å². The van der Waals surface area contributed by atoms with Crippen molar-refractivity contribution in [2.75, 3.05) is 18.0 Å². The summed E-state index contributed by atoms with van der Waals surface area (Å²) in [7, 11) is 0. The van der Waals surface area contributed by atoms with Crippen molar-refractivity contribution in [3.63, 3.8) is 0 Å². The van der Waals surface area contributed by atoms with Crippen molar-refractivity contribution >= 4 is 11.6 Å². The molecule has 0 amide bonds. The molecule has 4 heterocycles. The fourth-order valence-corrected chi connectivity index (χ4v) is 3.25. The molecule has 0 bridgehead atoms. The average Bonchev–Trinajstić information content (AvgIpc) is 3.05. The first-order chi connectivity index (χ1) is 12.0. The summed E-state index contributed by atoms with van der Waals surface area (Å²) in [4.78, 5) is 10.9. The first-order valence-electron chi connectivity index (χ1n) is 8.77. The molecule has 1 fully saturated rings. The van der Waals surface area contributed by atoms with Crippen LogP contribution in [0, 0.1) is 0 Å². The van der Waals surface area contributed by atoms with E-state index in [0.717, 1.165) is 49.0 Å². The highest BCUT2D eigenvalue weighted by Gasteiger charge is 2.27. The molecule has 0 aliphatic carbocycles. The van der Waals surface area contributed by atoms with Crippen LogP contribution in [-0.4, -0.2) is 42.9 Å². The quantitative estimate of drug-likeness (QED) is 0.716. The van der Waals surface area contributed by atoms with Gasteiger partial charge in [0.2, 0.25) is 5.95 Å². The summed E-state index contributed by atoms with van der Waals surface area (Å²) in [6.45, 7) is 8.35. The van der Waals surface area contributed by atoms with E-state index in [4.69, 9.17) is 5.10 Å². The summed E-state index contributed by atoms with van der Waals surface area (Å²) in [5.41, 5.74) is 1.87. The Balaban J connectivity index is 1.57. The summed E-state index contributed by atoms with van der Waals surface area (Å²) in [6.07, 6.45) is 5.58. The van der Waals surface area contributed by atoms with E-state index in [1.54, 1.807) is 12.4 Å². The van der Waals surface area contributed by atoms with Gasteiger partial charge in [-0.2, -0.15) is 9.61 Å². The van der Waals surface area contributed by atoms with E-state index < -0.39 is 0 Å². The Hall–Kier alpha value is -2.57. The lowest BCUT2D eigenvalue weighted by molar-refractivity contribution is 0.468. The third kappa shape index (κ3) is 3.06. The van der Waals surface area contributed by atoms with Gasteiger partial charge >= 0.3 is 0 Å². The second kappa shape index (κ2) is 6.06. The topological polar surface area (TPSA) is 72.1 Å². The lowest BCUT2D eigenvalue weighted by Crippen LogP contribution is -2.34. The molecule has 1 aliphatic rings. The number of rotatable bonds is 2. The van der Waals surface area contributed by atoms with Crippen LogP contribution in [0.3, 0.4) is 0 Å². The number of fused-ring (bicyclic) bond motifs is 1. The van der Waals surface area contributed by atoms with Crippen LogP contribution in [0.15, 0.2) is 30.6 Å². The van der Waals surface area contributed by atoms with Crippen LogP contribution in [0.4, 0.5) is 5.95 Å². The molecule has 1 aliphatic heterocycles. The third-order valence-electron chi connectivity index (χ3n) is 4.75. The molecule has 0 radical (unpaired) electrons. The van der Waals surface area contributed by atoms with Gasteiger partial charge in [-0.25, -0.2) is 9.97 Å². The second-order valence-electron chi connectivity index (χ2n) is 7.61.